The molecule has 0 saturated carbocycles. The zero-order valence-corrected chi connectivity index (χ0v) is 15.4. The van der Waals surface area contributed by atoms with Gasteiger partial charge in [0.15, 0.2) is 0 Å². The highest BCUT2D eigenvalue weighted by Gasteiger charge is 2.20. The number of hydrogen-bond donors (Lipinski definition) is 0. The minimum absolute atomic E-state index is 0.229. The largest absolute Gasteiger partial charge is 0.103 e. The first-order valence-electron chi connectivity index (χ1n) is 8.23. The highest BCUT2D eigenvalue weighted by Crippen LogP contribution is 2.30. The molecular weight excluding hydrogens is 252 g/mol. The molecule has 0 nitrogen and oxygen atoms in total. The van der Waals surface area contributed by atoms with Gasteiger partial charge in [-0.05, 0) is 48.5 Å². The summed E-state index contributed by atoms with van der Waals surface area (Å²) in [5, 5.41) is 0. The maximum atomic E-state index is 3.88. The zero-order valence-electron chi connectivity index (χ0n) is 15.4. The second-order valence-electron chi connectivity index (χ2n) is 7.91. The SMILES string of the molecule is C=CCC(C=CCCC=C(C=CC)C(C)(C)C)C(C)(C)C. The van der Waals surface area contributed by atoms with Crippen molar-refractivity contribution in [3.8, 4) is 0 Å². The van der Waals surface area contributed by atoms with Gasteiger partial charge in [0.25, 0.3) is 0 Å². The van der Waals surface area contributed by atoms with Gasteiger partial charge < -0.3 is 0 Å². The molecule has 0 aromatic heterocycles. The van der Waals surface area contributed by atoms with Crippen LogP contribution in [0.25, 0.3) is 0 Å². The number of allylic oxidation sites excluding steroid dienone is 7. The van der Waals surface area contributed by atoms with Crippen LogP contribution >= 0.6 is 0 Å². The van der Waals surface area contributed by atoms with Gasteiger partial charge in [0.1, 0.15) is 0 Å². The first-order valence-corrected chi connectivity index (χ1v) is 8.23. The van der Waals surface area contributed by atoms with E-state index in [4.69, 9.17) is 0 Å². The summed E-state index contributed by atoms with van der Waals surface area (Å²) in [5.41, 5.74) is 1.96. The van der Waals surface area contributed by atoms with E-state index in [0.717, 1.165) is 19.3 Å². The van der Waals surface area contributed by atoms with Crippen LogP contribution in [0, 0.1) is 16.7 Å². The highest BCUT2D eigenvalue weighted by atomic mass is 14.2. The van der Waals surface area contributed by atoms with E-state index in [1.165, 1.54) is 5.57 Å². The van der Waals surface area contributed by atoms with Crippen molar-refractivity contribution < 1.29 is 0 Å². The topological polar surface area (TPSA) is 0 Å². The van der Waals surface area contributed by atoms with Gasteiger partial charge in [0.2, 0.25) is 0 Å². The Kier molecular flexibility index (Phi) is 8.63. The Hall–Kier alpha value is -1.04. The predicted molar refractivity (Wildman–Crippen MR) is 98.5 cm³/mol. The third-order valence-electron chi connectivity index (χ3n) is 3.81. The maximum absolute atomic E-state index is 3.88. The lowest BCUT2D eigenvalue weighted by atomic mass is 9.78. The Morgan fingerprint density at radius 1 is 1.05 bits per heavy atom. The molecule has 0 fully saturated rings. The van der Waals surface area contributed by atoms with Crippen LogP contribution in [0.15, 0.2) is 48.6 Å². The maximum Gasteiger partial charge on any atom is -0.0135 e. The molecule has 0 amide bonds. The molecule has 0 aliphatic carbocycles. The first-order chi connectivity index (χ1) is 9.62. The minimum Gasteiger partial charge on any atom is -0.103 e. The fraction of sp³-hybridized carbons (Fsp3) is 0.619. The molecule has 0 rings (SSSR count). The second-order valence-corrected chi connectivity index (χ2v) is 7.91. The Morgan fingerprint density at radius 3 is 2.10 bits per heavy atom. The van der Waals surface area contributed by atoms with E-state index in [1.54, 1.807) is 0 Å². The van der Waals surface area contributed by atoms with Gasteiger partial charge in [0, 0.05) is 0 Å². The van der Waals surface area contributed by atoms with E-state index in [9.17, 15) is 0 Å². The normalized spacial score (nSPS) is 15.9. The van der Waals surface area contributed by atoms with E-state index in [0.29, 0.717) is 11.3 Å². The van der Waals surface area contributed by atoms with Crippen molar-refractivity contribution in [2.75, 3.05) is 0 Å². The zero-order chi connectivity index (χ0) is 16.5. The monoisotopic (exact) mass is 288 g/mol. The Balaban J connectivity index is 4.59. The standard InChI is InChI=1S/C21H36/c1-9-14-18(20(3,4)5)16-12-11-13-17-19(15-10-2)21(6,7)8/h9-10,12,15-18H,1,11,13-14H2,2-8H3. The molecule has 0 radical (unpaired) electrons. The third kappa shape index (κ3) is 8.75. The molecular formula is C21H36. The number of rotatable bonds is 7. The molecule has 0 saturated heterocycles. The van der Waals surface area contributed by atoms with Crippen LogP contribution in [-0.2, 0) is 0 Å². The third-order valence-corrected chi connectivity index (χ3v) is 3.81. The first kappa shape index (κ1) is 20.0. The van der Waals surface area contributed by atoms with Gasteiger partial charge in [0.05, 0.1) is 0 Å². The number of unbranched alkanes of at least 4 members (excludes halogenated alkanes) is 1. The number of hydrogen-bond acceptors (Lipinski definition) is 0. The van der Waals surface area contributed by atoms with Crippen molar-refractivity contribution in [3.63, 3.8) is 0 Å². The summed E-state index contributed by atoms with van der Waals surface area (Å²) >= 11 is 0. The fourth-order valence-electron chi connectivity index (χ4n) is 2.30. The molecule has 0 aliphatic rings. The van der Waals surface area contributed by atoms with Gasteiger partial charge >= 0.3 is 0 Å². The van der Waals surface area contributed by atoms with Gasteiger partial charge in [-0.25, -0.2) is 0 Å². The lowest BCUT2D eigenvalue weighted by Gasteiger charge is -2.27. The molecule has 1 atom stereocenters. The van der Waals surface area contributed by atoms with Gasteiger partial charge in [-0.3, -0.25) is 0 Å². The summed E-state index contributed by atoms with van der Waals surface area (Å²) < 4.78 is 0. The molecule has 0 aromatic rings. The van der Waals surface area contributed by atoms with E-state index >= 15 is 0 Å². The molecule has 120 valence electrons. The summed E-state index contributed by atoms with van der Waals surface area (Å²) in [5.74, 6) is 0.580. The van der Waals surface area contributed by atoms with Crippen LogP contribution in [0.5, 0.6) is 0 Å². The van der Waals surface area contributed by atoms with Crippen molar-refractivity contribution in [1.29, 1.82) is 0 Å². The Morgan fingerprint density at radius 2 is 1.67 bits per heavy atom. The van der Waals surface area contributed by atoms with Crippen molar-refractivity contribution >= 4 is 0 Å². The van der Waals surface area contributed by atoms with Crippen LogP contribution in [0.4, 0.5) is 0 Å². The molecule has 0 aromatic carbocycles. The van der Waals surface area contributed by atoms with Crippen molar-refractivity contribution in [2.24, 2.45) is 16.7 Å². The Bertz CT molecular complexity index is 377. The molecule has 0 heteroatoms. The van der Waals surface area contributed by atoms with Gasteiger partial charge in [-0.2, -0.15) is 0 Å². The average molecular weight is 289 g/mol. The smallest absolute Gasteiger partial charge is 0.0135 e. The second kappa shape index (κ2) is 9.07. The van der Waals surface area contributed by atoms with Crippen LogP contribution < -0.4 is 0 Å². The summed E-state index contributed by atoms with van der Waals surface area (Å²) in [4.78, 5) is 0. The van der Waals surface area contributed by atoms with E-state index in [2.05, 4.69) is 85.4 Å². The van der Waals surface area contributed by atoms with Gasteiger partial charge in [-0.1, -0.05) is 78.0 Å². The summed E-state index contributed by atoms with van der Waals surface area (Å²) in [7, 11) is 0. The van der Waals surface area contributed by atoms with Crippen LogP contribution in [0.2, 0.25) is 0 Å². The fourth-order valence-corrected chi connectivity index (χ4v) is 2.30. The molecule has 0 N–H and O–H groups in total. The summed E-state index contributed by atoms with van der Waals surface area (Å²) in [6, 6.07) is 0. The molecule has 0 bridgehead atoms. The predicted octanol–water partition coefficient (Wildman–Crippen LogP) is 7.11. The molecule has 1 unspecified atom stereocenters. The summed E-state index contributed by atoms with van der Waals surface area (Å²) in [6.07, 6.45) is 16.8. The minimum atomic E-state index is 0.229. The molecule has 21 heavy (non-hydrogen) atoms. The lowest BCUT2D eigenvalue weighted by molar-refractivity contribution is 0.295. The van der Waals surface area contributed by atoms with Gasteiger partial charge in [-0.15, -0.1) is 6.58 Å². The van der Waals surface area contributed by atoms with Crippen molar-refractivity contribution in [1.82, 2.24) is 0 Å². The molecule has 0 aliphatic heterocycles. The van der Waals surface area contributed by atoms with E-state index in [-0.39, 0.29) is 5.41 Å². The van der Waals surface area contributed by atoms with Crippen LogP contribution in [0.3, 0.4) is 0 Å². The average Bonchev–Trinajstić information content (AvgIpc) is 2.33. The lowest BCUT2D eigenvalue weighted by Crippen LogP contribution is -2.17. The molecule has 0 spiro atoms. The quantitative estimate of drug-likeness (QED) is 0.266. The van der Waals surface area contributed by atoms with Crippen LogP contribution in [-0.4, -0.2) is 0 Å². The Labute approximate surface area is 133 Å². The van der Waals surface area contributed by atoms with Crippen molar-refractivity contribution in [3.05, 3.63) is 48.6 Å². The van der Waals surface area contributed by atoms with E-state index in [1.807, 2.05) is 6.08 Å². The van der Waals surface area contributed by atoms with E-state index < -0.39 is 0 Å². The summed E-state index contributed by atoms with van der Waals surface area (Å²) in [6.45, 7) is 19.7. The van der Waals surface area contributed by atoms with Crippen LogP contribution in [0.1, 0.15) is 67.7 Å². The van der Waals surface area contributed by atoms with Crippen molar-refractivity contribution in [2.45, 2.75) is 67.7 Å². The molecule has 0 heterocycles. The highest BCUT2D eigenvalue weighted by molar-refractivity contribution is 5.24.